The van der Waals surface area contributed by atoms with Gasteiger partial charge < -0.3 is 20.4 Å². The zero-order valence-electron chi connectivity index (χ0n) is 30.7. The number of benzene rings is 1. The van der Waals surface area contributed by atoms with Crippen LogP contribution in [-0.4, -0.2) is 46.4 Å². The highest BCUT2D eigenvalue weighted by Gasteiger charge is 2.41. The molecule has 7 rings (SSSR count). The Morgan fingerprint density at radius 1 is 0.922 bits per heavy atom. The maximum Gasteiger partial charge on any atom is 0.303 e. The minimum absolute atomic E-state index is 0.0101. The molecular formula is C43H47N5O3. The Morgan fingerprint density at radius 2 is 1.63 bits per heavy atom. The van der Waals surface area contributed by atoms with E-state index in [-0.39, 0.29) is 18.3 Å². The number of aliphatic imine (C=N–C) groups is 3. The minimum atomic E-state index is -0.820. The van der Waals surface area contributed by atoms with Gasteiger partial charge in [-0.25, -0.2) is 15.0 Å². The number of aliphatic hydroxyl groups is 1. The molecule has 1 aromatic carbocycles. The number of hydrogen-bond donors (Lipinski definition) is 3. The number of anilines is 1. The Hall–Kier alpha value is -5.24. The Bertz CT molecular complexity index is 2120. The van der Waals surface area contributed by atoms with Gasteiger partial charge in [0.1, 0.15) is 5.76 Å². The highest BCUT2D eigenvalue weighted by atomic mass is 16.4. The smallest absolute Gasteiger partial charge is 0.303 e. The maximum absolute atomic E-state index is 11.8. The molecule has 8 bridgehead atoms. The molecule has 0 spiro atoms. The average molecular weight is 682 g/mol. The number of carboxylic acid groups (broad SMARTS) is 1. The Balaban J connectivity index is 1.38. The number of nitrogens with zero attached hydrogens (tertiary/aromatic N) is 4. The summed E-state index contributed by atoms with van der Waals surface area (Å²) in [4.78, 5) is 29.6. The molecule has 1 fully saturated rings. The van der Waals surface area contributed by atoms with E-state index in [2.05, 4.69) is 100 Å². The third kappa shape index (κ3) is 6.00. The molecule has 2 atom stereocenters. The van der Waals surface area contributed by atoms with Crippen LogP contribution in [-0.2, 0) is 4.79 Å². The number of fused-ring (bicyclic) bond motifs is 5. The predicted octanol–water partition coefficient (Wildman–Crippen LogP) is 9.08. The first kappa shape index (κ1) is 34.2. The maximum atomic E-state index is 11.8. The Kier molecular flexibility index (Phi) is 9.04. The van der Waals surface area contributed by atoms with E-state index < -0.39 is 5.97 Å². The number of allylic oxidation sites excluding steroid dienone is 12. The lowest BCUT2D eigenvalue weighted by atomic mass is 9.86. The van der Waals surface area contributed by atoms with Gasteiger partial charge in [0.2, 0.25) is 0 Å². The van der Waals surface area contributed by atoms with Crippen molar-refractivity contribution in [1.82, 2.24) is 5.32 Å². The molecule has 5 heterocycles. The molecule has 0 aromatic heterocycles. The Labute approximate surface area is 300 Å². The summed E-state index contributed by atoms with van der Waals surface area (Å²) in [5.41, 5.74) is 16.3. The number of carboxylic acids is 1. The highest BCUT2D eigenvalue weighted by Crippen LogP contribution is 2.46. The van der Waals surface area contributed by atoms with Crippen LogP contribution in [0, 0.1) is 11.8 Å². The minimum Gasteiger partial charge on any atom is -0.511 e. The quantitative estimate of drug-likeness (QED) is 0.241. The van der Waals surface area contributed by atoms with E-state index in [4.69, 9.17) is 15.0 Å². The van der Waals surface area contributed by atoms with Gasteiger partial charge in [0, 0.05) is 71.6 Å². The van der Waals surface area contributed by atoms with Crippen LogP contribution in [0.5, 0.6) is 0 Å². The summed E-state index contributed by atoms with van der Waals surface area (Å²) in [7, 11) is 0. The van der Waals surface area contributed by atoms with E-state index in [0.717, 1.165) is 104 Å². The van der Waals surface area contributed by atoms with Gasteiger partial charge in [-0.3, -0.25) is 4.79 Å². The zero-order chi connectivity index (χ0) is 36.1. The largest absolute Gasteiger partial charge is 0.511 e. The first-order valence-corrected chi connectivity index (χ1v) is 18.2. The molecule has 1 aliphatic carbocycles. The van der Waals surface area contributed by atoms with Gasteiger partial charge in [-0.1, -0.05) is 38.1 Å². The summed E-state index contributed by atoms with van der Waals surface area (Å²) in [6, 6.07) is 8.67. The molecule has 1 aromatic rings. The average Bonchev–Trinajstić information content (AvgIpc) is 3.86. The monoisotopic (exact) mass is 681 g/mol. The highest BCUT2D eigenvalue weighted by molar-refractivity contribution is 6.21. The topological polar surface area (TPSA) is 110 Å². The number of aliphatic carboxylic acids is 1. The second-order valence-corrected chi connectivity index (χ2v) is 14.1. The molecule has 0 radical (unpaired) electrons. The van der Waals surface area contributed by atoms with Gasteiger partial charge in [-0.2, -0.15) is 0 Å². The normalized spacial score (nSPS) is 22.6. The molecule has 6 aliphatic rings. The number of nitrogens with one attached hydrogen (secondary N) is 1. The second-order valence-electron chi connectivity index (χ2n) is 14.1. The number of aliphatic hydroxyl groups excluding tert-OH is 1. The van der Waals surface area contributed by atoms with Crippen LogP contribution in [0.4, 0.5) is 5.69 Å². The van der Waals surface area contributed by atoms with Gasteiger partial charge in [0.15, 0.2) is 0 Å². The van der Waals surface area contributed by atoms with Crippen molar-refractivity contribution in [3.05, 3.63) is 127 Å². The fraction of sp³-hybridized carbons (Fsp3) is 0.349. The standard InChI is InChI=1S/C43H47N5O3/c1-8-29-23(4)34-21-38-30(16-13-27-11-14-28(15-12-27)48(9-2)10-3)24(5)33(45-38)20-35-25(6)31(17-18-40(50)51)42(46-35)32-19-39(49)41-26(7)36(47-43(32)41)22-37(29)44-34/h11-16,20-22,25,31,46,49H,8-10,17-19H2,1-7H3,(H,50,51)/b16-13+,35-20?,37-22?,38-21?,42-32?/t25-,31-/m0/s1. The van der Waals surface area contributed by atoms with Crippen molar-refractivity contribution >= 4 is 34.9 Å². The molecule has 5 aliphatic heterocycles. The summed E-state index contributed by atoms with van der Waals surface area (Å²) >= 11 is 0. The summed E-state index contributed by atoms with van der Waals surface area (Å²) in [5.74, 6) is -0.583. The fourth-order valence-electron chi connectivity index (χ4n) is 8.18. The van der Waals surface area contributed by atoms with Crippen LogP contribution < -0.4 is 10.2 Å². The van der Waals surface area contributed by atoms with Crippen molar-refractivity contribution in [2.45, 2.75) is 74.1 Å². The van der Waals surface area contributed by atoms with Gasteiger partial charge in [-0.05, 0) is 106 Å². The lowest BCUT2D eigenvalue weighted by Gasteiger charge is -2.20. The molecule has 1 saturated heterocycles. The van der Waals surface area contributed by atoms with Crippen molar-refractivity contribution in [3.8, 4) is 0 Å². The van der Waals surface area contributed by atoms with Crippen LogP contribution in [0.2, 0.25) is 0 Å². The van der Waals surface area contributed by atoms with Crippen molar-refractivity contribution in [2.24, 2.45) is 26.8 Å². The molecule has 0 amide bonds. The SMILES string of the molecule is CCC1=C(C)C2=NC1=CC1=C(C)C3=C(O)CC(=C4NC(=CC5=NC(=C2)C(/C=C/c2ccc(N(CC)CC)cc2)=C5C)[C@@H](C)[C@@H]4CCC(=O)O)C3=N1. The Morgan fingerprint density at radius 3 is 2.31 bits per heavy atom. The van der Waals surface area contributed by atoms with Gasteiger partial charge in [0.05, 0.1) is 34.2 Å². The first-order chi connectivity index (χ1) is 24.5. The summed E-state index contributed by atoms with van der Waals surface area (Å²) in [6.45, 7) is 16.8. The van der Waals surface area contributed by atoms with Crippen LogP contribution in [0.3, 0.4) is 0 Å². The summed E-state index contributed by atoms with van der Waals surface area (Å²) in [5, 5.41) is 24.7. The van der Waals surface area contributed by atoms with Crippen molar-refractivity contribution in [1.29, 1.82) is 0 Å². The van der Waals surface area contributed by atoms with Crippen LogP contribution >= 0.6 is 0 Å². The molecule has 262 valence electrons. The zero-order valence-corrected chi connectivity index (χ0v) is 30.7. The summed E-state index contributed by atoms with van der Waals surface area (Å²) < 4.78 is 0. The predicted molar refractivity (Wildman–Crippen MR) is 208 cm³/mol. The van der Waals surface area contributed by atoms with Gasteiger partial charge in [-0.15, -0.1) is 0 Å². The van der Waals surface area contributed by atoms with E-state index >= 15 is 0 Å². The van der Waals surface area contributed by atoms with Gasteiger partial charge >= 0.3 is 5.97 Å². The number of hydrogen-bond acceptors (Lipinski definition) is 7. The first-order valence-electron chi connectivity index (χ1n) is 18.2. The number of rotatable bonds is 9. The van der Waals surface area contributed by atoms with E-state index in [9.17, 15) is 15.0 Å². The van der Waals surface area contributed by atoms with Crippen LogP contribution in [0.15, 0.2) is 137 Å². The van der Waals surface area contributed by atoms with Crippen molar-refractivity contribution in [3.63, 3.8) is 0 Å². The van der Waals surface area contributed by atoms with E-state index in [1.54, 1.807) is 0 Å². The third-order valence-corrected chi connectivity index (χ3v) is 11.2. The van der Waals surface area contributed by atoms with Gasteiger partial charge in [0.25, 0.3) is 0 Å². The molecule has 0 saturated carbocycles. The van der Waals surface area contributed by atoms with E-state index in [0.29, 0.717) is 18.6 Å². The molecule has 51 heavy (non-hydrogen) atoms. The van der Waals surface area contributed by atoms with Crippen LogP contribution in [0.25, 0.3) is 6.08 Å². The summed E-state index contributed by atoms with van der Waals surface area (Å²) in [6.07, 6.45) is 12.3. The van der Waals surface area contributed by atoms with E-state index in [1.165, 1.54) is 11.3 Å². The molecular weight excluding hydrogens is 635 g/mol. The molecule has 8 nitrogen and oxygen atoms in total. The third-order valence-electron chi connectivity index (χ3n) is 11.2. The second kappa shape index (κ2) is 13.5. The molecule has 3 N–H and O–H groups in total. The fourth-order valence-corrected chi connectivity index (χ4v) is 8.18. The lowest BCUT2D eigenvalue weighted by Crippen LogP contribution is -2.21. The molecule has 8 heteroatoms. The number of carbonyl (C=O) groups is 1. The van der Waals surface area contributed by atoms with Crippen molar-refractivity contribution < 1.29 is 15.0 Å². The lowest BCUT2D eigenvalue weighted by molar-refractivity contribution is -0.137. The van der Waals surface area contributed by atoms with E-state index in [1.807, 2.05) is 13.0 Å². The van der Waals surface area contributed by atoms with Crippen molar-refractivity contribution in [2.75, 3.05) is 18.0 Å². The molecule has 0 unspecified atom stereocenters. The van der Waals surface area contributed by atoms with Crippen LogP contribution in [0.1, 0.15) is 79.7 Å².